The van der Waals surface area contributed by atoms with E-state index in [9.17, 15) is 4.79 Å². The first-order valence-corrected chi connectivity index (χ1v) is 5.44. The number of aromatic nitrogens is 2. The molecule has 0 spiro atoms. The predicted octanol–water partition coefficient (Wildman–Crippen LogP) is 2.96. The Morgan fingerprint density at radius 1 is 1.21 bits per heavy atom. The van der Waals surface area contributed by atoms with E-state index in [0.29, 0.717) is 5.82 Å². The fraction of sp³-hybridized carbons (Fsp3) is 0.231. The second-order valence-electron chi connectivity index (χ2n) is 3.95. The summed E-state index contributed by atoms with van der Waals surface area (Å²) in [6, 6.07) is 12.1. The van der Waals surface area contributed by atoms with Gasteiger partial charge in [0.1, 0.15) is 0 Å². The minimum Gasteiger partial charge on any atom is -0.473 e. The molecule has 1 heterocycles. The average Bonchev–Trinajstić information content (AvgIpc) is 2.30. The van der Waals surface area contributed by atoms with Gasteiger partial charge in [0.2, 0.25) is 0 Å². The summed E-state index contributed by atoms with van der Waals surface area (Å²) in [6.45, 7) is 3.84. The average molecular weight is 600 g/mol. The SMILES string of the molecule is CC(C)n1cnc([N-]c2ccccc2)[c-]c1=O.[Re].[Re]. The van der Waals surface area contributed by atoms with Gasteiger partial charge in [-0.05, 0) is 25.9 Å². The van der Waals surface area contributed by atoms with E-state index in [2.05, 4.69) is 16.4 Å². The molecule has 2 rings (SSSR count). The molecule has 0 saturated heterocycles. The van der Waals surface area contributed by atoms with Crippen molar-refractivity contribution in [3.05, 3.63) is 58.4 Å². The number of hydrogen-bond donors (Lipinski definition) is 0. The minimum absolute atomic E-state index is 0. The van der Waals surface area contributed by atoms with Crippen LogP contribution in [0.25, 0.3) is 5.32 Å². The van der Waals surface area contributed by atoms with E-state index in [1.54, 1.807) is 0 Å². The van der Waals surface area contributed by atoms with E-state index in [1.165, 1.54) is 10.9 Å². The molecule has 102 valence electrons. The van der Waals surface area contributed by atoms with E-state index in [4.69, 9.17) is 0 Å². The third kappa shape index (κ3) is 5.01. The minimum atomic E-state index is -0.204. The summed E-state index contributed by atoms with van der Waals surface area (Å²) in [5.41, 5.74) is 0.558. The maximum atomic E-state index is 11.7. The van der Waals surface area contributed by atoms with Crippen LogP contribution in [0.15, 0.2) is 41.5 Å². The predicted molar refractivity (Wildman–Crippen MR) is 66.8 cm³/mol. The van der Waals surface area contributed by atoms with Crippen molar-refractivity contribution in [2.45, 2.75) is 19.9 Å². The fourth-order valence-corrected chi connectivity index (χ4v) is 1.41. The topological polar surface area (TPSA) is 49.0 Å². The van der Waals surface area contributed by atoms with Gasteiger partial charge >= 0.3 is 0 Å². The third-order valence-electron chi connectivity index (χ3n) is 2.31. The number of rotatable bonds is 3. The molecule has 0 amide bonds. The summed E-state index contributed by atoms with van der Waals surface area (Å²) in [7, 11) is 0. The maximum absolute atomic E-state index is 11.7. The second-order valence-corrected chi connectivity index (χ2v) is 3.95. The van der Waals surface area contributed by atoms with E-state index in [1.807, 2.05) is 44.2 Å². The van der Waals surface area contributed by atoms with Crippen LogP contribution in [0.3, 0.4) is 0 Å². The Kier molecular flexibility index (Phi) is 8.06. The van der Waals surface area contributed by atoms with Crippen LogP contribution in [0.4, 0.5) is 11.5 Å². The molecule has 2 aromatic rings. The van der Waals surface area contributed by atoms with Gasteiger partial charge in [-0.3, -0.25) is 0 Å². The molecule has 0 fully saturated rings. The van der Waals surface area contributed by atoms with Crippen LogP contribution in [0.2, 0.25) is 0 Å². The zero-order chi connectivity index (χ0) is 12.3. The van der Waals surface area contributed by atoms with Crippen LogP contribution in [0, 0.1) is 6.07 Å². The Morgan fingerprint density at radius 3 is 2.37 bits per heavy atom. The molecule has 0 saturated carbocycles. The van der Waals surface area contributed by atoms with Crippen LogP contribution < -0.4 is 5.56 Å². The molecule has 0 aliphatic rings. The molecular formula is C13H13N3ORe2-2. The molecule has 0 aliphatic carbocycles. The Labute approximate surface area is 140 Å². The second kappa shape index (κ2) is 8.41. The van der Waals surface area contributed by atoms with Crippen molar-refractivity contribution in [1.29, 1.82) is 0 Å². The largest absolute Gasteiger partial charge is 0.473 e. The third-order valence-corrected chi connectivity index (χ3v) is 2.31. The first-order valence-electron chi connectivity index (χ1n) is 5.44. The van der Waals surface area contributed by atoms with Crippen molar-refractivity contribution < 1.29 is 40.8 Å². The monoisotopic (exact) mass is 601 g/mol. The van der Waals surface area contributed by atoms with Crippen molar-refractivity contribution in [3.63, 3.8) is 0 Å². The summed E-state index contributed by atoms with van der Waals surface area (Å²) in [5.74, 6) is 0.318. The van der Waals surface area contributed by atoms with Crippen molar-refractivity contribution >= 4 is 11.5 Å². The summed E-state index contributed by atoms with van der Waals surface area (Å²) in [6.07, 6.45) is 1.51. The molecule has 0 bridgehead atoms. The number of benzene rings is 1. The summed E-state index contributed by atoms with van der Waals surface area (Å²) >= 11 is 0. The van der Waals surface area contributed by atoms with E-state index in [-0.39, 0.29) is 52.4 Å². The molecule has 4 nitrogen and oxygen atoms in total. The molecule has 6 heteroatoms. The Bertz CT molecular complexity index is 555. The van der Waals surface area contributed by atoms with Crippen LogP contribution in [0.5, 0.6) is 0 Å². The van der Waals surface area contributed by atoms with Crippen molar-refractivity contribution in [3.8, 4) is 0 Å². The number of para-hydroxylation sites is 1. The number of hydrogen-bond acceptors (Lipinski definition) is 2. The van der Waals surface area contributed by atoms with Gasteiger partial charge in [0, 0.05) is 46.9 Å². The van der Waals surface area contributed by atoms with E-state index in [0.717, 1.165) is 5.69 Å². The molecule has 0 unspecified atom stereocenters. The number of nitrogens with zero attached hydrogens (tertiary/aromatic N) is 3. The molecule has 1 aromatic heterocycles. The molecule has 19 heavy (non-hydrogen) atoms. The quantitative estimate of drug-likeness (QED) is 0.510. The first-order chi connectivity index (χ1) is 8.16. The van der Waals surface area contributed by atoms with Gasteiger partial charge in [-0.25, -0.2) is 5.82 Å². The van der Waals surface area contributed by atoms with Gasteiger partial charge in [0.25, 0.3) is 0 Å². The van der Waals surface area contributed by atoms with Crippen molar-refractivity contribution in [2.24, 2.45) is 0 Å². The normalized spacial score (nSPS) is 9.42. The smallest absolute Gasteiger partial charge is 0.0688 e. The van der Waals surface area contributed by atoms with Gasteiger partial charge in [-0.1, -0.05) is 30.3 Å². The zero-order valence-corrected chi connectivity index (χ0v) is 16.0. The molecule has 2 radical (unpaired) electrons. The summed E-state index contributed by atoms with van der Waals surface area (Å²) < 4.78 is 1.52. The summed E-state index contributed by atoms with van der Waals surface area (Å²) in [4.78, 5) is 15.8. The fourth-order valence-electron chi connectivity index (χ4n) is 1.41. The molecule has 0 atom stereocenters. The van der Waals surface area contributed by atoms with E-state index < -0.39 is 0 Å². The maximum Gasteiger partial charge on any atom is 0.0688 e. The standard InChI is InChI=1S/C13H14N3O.2Re/c1-10(2)16-9-14-12(8-13(16)17)15-11-6-4-3-5-7-11;;/h3-7,9-10H,1-2H3,(H,15,17);;/q-1;;/p-1. The Balaban J connectivity index is 0.00000162. The van der Waals surface area contributed by atoms with Crippen LogP contribution in [-0.2, 0) is 40.8 Å². The van der Waals surface area contributed by atoms with Crippen LogP contribution in [0.1, 0.15) is 19.9 Å². The van der Waals surface area contributed by atoms with Gasteiger partial charge < -0.3 is 25.7 Å². The molecule has 0 N–H and O–H groups in total. The molecular weight excluding hydrogens is 587 g/mol. The van der Waals surface area contributed by atoms with E-state index >= 15 is 0 Å². The Hall–Kier alpha value is -0.775. The van der Waals surface area contributed by atoms with Crippen molar-refractivity contribution in [2.75, 3.05) is 0 Å². The van der Waals surface area contributed by atoms with Crippen LogP contribution >= 0.6 is 0 Å². The molecule has 0 aliphatic heterocycles. The van der Waals surface area contributed by atoms with Gasteiger partial charge in [0.05, 0.1) is 5.56 Å². The van der Waals surface area contributed by atoms with Gasteiger partial charge in [0.15, 0.2) is 0 Å². The van der Waals surface area contributed by atoms with Crippen molar-refractivity contribution in [1.82, 2.24) is 9.55 Å². The summed E-state index contributed by atoms with van der Waals surface area (Å²) in [5, 5.41) is 4.22. The van der Waals surface area contributed by atoms with Gasteiger partial charge in [-0.15, -0.1) is 0 Å². The molecule has 1 aromatic carbocycles. The van der Waals surface area contributed by atoms with Crippen LogP contribution in [-0.4, -0.2) is 9.55 Å². The Morgan fingerprint density at radius 2 is 1.84 bits per heavy atom. The van der Waals surface area contributed by atoms with Gasteiger partial charge in [-0.2, -0.15) is 0 Å². The zero-order valence-electron chi connectivity index (χ0n) is 10.5. The first kappa shape index (κ1) is 18.2.